The molecule has 3 nitrogen and oxygen atoms in total. The maximum Gasteiger partial charge on any atom is 0.189 e. The van der Waals surface area contributed by atoms with Gasteiger partial charge in [0.15, 0.2) is 5.16 Å². The highest BCUT2D eigenvalue weighted by Gasteiger charge is 2.15. The van der Waals surface area contributed by atoms with Gasteiger partial charge in [0.05, 0.1) is 0 Å². The van der Waals surface area contributed by atoms with E-state index in [4.69, 9.17) is 11.6 Å². The Morgan fingerprint density at radius 1 is 1.46 bits per heavy atom. The zero-order valence-corrected chi connectivity index (χ0v) is 10.1. The first-order chi connectivity index (χ1) is 5.93. The van der Waals surface area contributed by atoms with Crippen molar-refractivity contribution in [2.24, 2.45) is 0 Å². The fourth-order valence-corrected chi connectivity index (χ4v) is 2.28. The molecule has 0 fully saturated rings. The second-order valence-corrected chi connectivity index (χ2v) is 7.21. The van der Waals surface area contributed by atoms with Gasteiger partial charge in [-0.15, -0.1) is 0 Å². The van der Waals surface area contributed by atoms with Crippen molar-refractivity contribution in [2.45, 2.75) is 5.16 Å². The molecule has 1 heterocycles. The summed E-state index contributed by atoms with van der Waals surface area (Å²) in [6.45, 7) is 3.32. The molecule has 6 heteroatoms. The average molecular weight is 237 g/mol. The number of thioether (sulfide) groups is 1. The lowest BCUT2D eigenvalue weighted by atomic mass is 10.7. The van der Waals surface area contributed by atoms with Gasteiger partial charge in [0.2, 0.25) is 0 Å². The van der Waals surface area contributed by atoms with Crippen LogP contribution >= 0.6 is 30.5 Å². The summed E-state index contributed by atoms with van der Waals surface area (Å²) in [6, 6.07) is 1.56. The van der Waals surface area contributed by atoms with Crippen LogP contribution in [0.1, 0.15) is 0 Å². The van der Waals surface area contributed by atoms with Gasteiger partial charge in [-0.25, -0.2) is 9.97 Å². The summed E-state index contributed by atoms with van der Waals surface area (Å²) in [7, 11) is -2.33. The van der Waals surface area contributed by atoms with Crippen molar-refractivity contribution >= 4 is 35.9 Å². The summed E-state index contributed by atoms with van der Waals surface area (Å²) in [5.74, 6) is 0. The Hall–Kier alpha value is -0.0500. The van der Waals surface area contributed by atoms with Gasteiger partial charge in [0, 0.05) is 6.07 Å². The van der Waals surface area contributed by atoms with Crippen LogP contribution in [0.4, 0.5) is 0 Å². The lowest BCUT2D eigenvalue weighted by molar-refractivity contribution is 0.587. The molecule has 0 radical (unpaired) electrons. The van der Waals surface area contributed by atoms with Gasteiger partial charge in [0.1, 0.15) is 17.7 Å². The van der Waals surface area contributed by atoms with Crippen LogP contribution < -0.4 is 5.44 Å². The van der Waals surface area contributed by atoms with E-state index in [0.29, 0.717) is 15.7 Å². The summed E-state index contributed by atoms with van der Waals surface area (Å²) in [5, 5.41) is 0.907. The summed E-state index contributed by atoms with van der Waals surface area (Å²) in [5.41, 5.74) is 0.539. The molecule has 0 aliphatic rings. The van der Waals surface area contributed by atoms with Crippen LogP contribution in [0.2, 0.25) is 5.15 Å². The topological polar surface area (TPSA) is 42.9 Å². The molecule has 0 saturated carbocycles. The molecule has 0 aliphatic carbocycles. The van der Waals surface area contributed by atoms with Crippen molar-refractivity contribution in [1.29, 1.82) is 0 Å². The molecule has 1 aromatic rings. The van der Waals surface area contributed by atoms with Gasteiger partial charge < -0.3 is 4.57 Å². The summed E-state index contributed by atoms with van der Waals surface area (Å²) < 4.78 is 11.7. The van der Waals surface area contributed by atoms with Crippen molar-refractivity contribution in [3.8, 4) is 0 Å². The van der Waals surface area contributed by atoms with Crippen LogP contribution in [-0.2, 0) is 4.57 Å². The van der Waals surface area contributed by atoms with Crippen LogP contribution in [0.3, 0.4) is 0 Å². The Morgan fingerprint density at radius 3 is 2.54 bits per heavy atom. The maximum atomic E-state index is 11.7. The molecule has 0 bridgehead atoms. The van der Waals surface area contributed by atoms with Crippen molar-refractivity contribution in [1.82, 2.24) is 9.97 Å². The third-order valence-corrected chi connectivity index (χ3v) is 3.47. The number of hydrogen-bond donors (Lipinski definition) is 0. The molecule has 0 atom stereocenters. The molecular formula is C7H10ClN2OPS. The van der Waals surface area contributed by atoms with Crippen LogP contribution in [0.5, 0.6) is 0 Å². The molecule has 0 N–H and O–H groups in total. The molecule has 0 aliphatic heterocycles. The van der Waals surface area contributed by atoms with E-state index in [1.165, 1.54) is 11.8 Å². The third-order valence-electron chi connectivity index (χ3n) is 1.40. The second-order valence-electron chi connectivity index (χ2n) is 2.89. The lowest BCUT2D eigenvalue weighted by Gasteiger charge is -2.06. The Morgan fingerprint density at radius 2 is 2.08 bits per heavy atom. The Bertz CT molecular complexity index is 366. The van der Waals surface area contributed by atoms with Crippen LogP contribution in [0.15, 0.2) is 11.2 Å². The number of hydrogen-bond acceptors (Lipinski definition) is 4. The van der Waals surface area contributed by atoms with Gasteiger partial charge in [-0.1, -0.05) is 23.4 Å². The maximum absolute atomic E-state index is 11.7. The first kappa shape index (κ1) is 11.0. The van der Waals surface area contributed by atoms with E-state index in [1.807, 2.05) is 6.26 Å². The van der Waals surface area contributed by atoms with E-state index in [1.54, 1.807) is 19.4 Å². The van der Waals surface area contributed by atoms with Crippen LogP contribution in [0.25, 0.3) is 0 Å². The fraction of sp³-hybridized carbons (Fsp3) is 0.429. The van der Waals surface area contributed by atoms with E-state index >= 15 is 0 Å². The Kier molecular flexibility index (Phi) is 3.38. The lowest BCUT2D eigenvalue weighted by Crippen LogP contribution is -2.10. The summed E-state index contributed by atoms with van der Waals surface area (Å²) >= 11 is 7.13. The monoisotopic (exact) mass is 236 g/mol. The predicted molar refractivity (Wildman–Crippen MR) is 57.9 cm³/mol. The minimum atomic E-state index is -2.33. The SMILES string of the molecule is CSc1nc(Cl)cc(P(C)(C)=O)n1. The van der Waals surface area contributed by atoms with Gasteiger partial charge in [-0.2, -0.15) is 0 Å². The molecule has 0 saturated heterocycles. The third kappa shape index (κ3) is 2.97. The van der Waals surface area contributed by atoms with Crippen LogP contribution in [-0.4, -0.2) is 29.6 Å². The fourth-order valence-electron chi connectivity index (χ4n) is 0.753. The molecule has 0 aromatic carbocycles. The normalized spacial score (nSPS) is 11.7. The quantitative estimate of drug-likeness (QED) is 0.341. The molecule has 1 rings (SSSR count). The van der Waals surface area contributed by atoms with Crippen molar-refractivity contribution < 1.29 is 4.57 Å². The minimum Gasteiger partial charge on any atom is -0.318 e. The first-order valence-electron chi connectivity index (χ1n) is 3.57. The molecule has 13 heavy (non-hydrogen) atoms. The van der Waals surface area contributed by atoms with Crippen LogP contribution in [0, 0.1) is 0 Å². The van der Waals surface area contributed by atoms with Gasteiger partial charge in [-0.3, -0.25) is 0 Å². The van der Waals surface area contributed by atoms with Gasteiger partial charge >= 0.3 is 0 Å². The summed E-state index contributed by atoms with van der Waals surface area (Å²) in [4.78, 5) is 8.09. The minimum absolute atomic E-state index is 0.346. The zero-order valence-electron chi connectivity index (χ0n) is 7.61. The van der Waals surface area contributed by atoms with E-state index in [0.717, 1.165) is 0 Å². The highest BCUT2D eigenvalue weighted by atomic mass is 35.5. The predicted octanol–water partition coefficient (Wildman–Crippen LogP) is 2.10. The Labute approximate surface area is 86.7 Å². The highest BCUT2D eigenvalue weighted by Crippen LogP contribution is 2.34. The first-order valence-corrected chi connectivity index (χ1v) is 7.78. The molecule has 1 aromatic heterocycles. The van der Waals surface area contributed by atoms with E-state index in [2.05, 4.69) is 9.97 Å². The second kappa shape index (κ2) is 3.99. The smallest absolute Gasteiger partial charge is 0.189 e. The number of halogens is 1. The highest BCUT2D eigenvalue weighted by molar-refractivity contribution is 7.98. The molecule has 0 amide bonds. The van der Waals surface area contributed by atoms with Crippen molar-refractivity contribution in [3.05, 3.63) is 11.2 Å². The summed E-state index contributed by atoms with van der Waals surface area (Å²) in [6.07, 6.45) is 1.85. The number of rotatable bonds is 2. The van der Waals surface area contributed by atoms with E-state index in [9.17, 15) is 4.57 Å². The number of aromatic nitrogens is 2. The van der Waals surface area contributed by atoms with Crippen molar-refractivity contribution in [3.63, 3.8) is 0 Å². The molecular weight excluding hydrogens is 227 g/mol. The molecule has 0 spiro atoms. The van der Waals surface area contributed by atoms with E-state index in [-0.39, 0.29) is 0 Å². The zero-order chi connectivity index (χ0) is 10.1. The average Bonchev–Trinajstić information content (AvgIpc) is 2.01. The van der Waals surface area contributed by atoms with Crippen molar-refractivity contribution in [2.75, 3.05) is 19.6 Å². The standard InChI is InChI=1S/C7H10ClN2OPS/c1-12(2,11)6-4-5(8)9-7(10-6)13-3/h4H,1-3H3. The molecule has 72 valence electrons. The number of nitrogens with zero attached hydrogens (tertiary/aromatic N) is 2. The van der Waals surface area contributed by atoms with Gasteiger partial charge in [-0.05, 0) is 19.6 Å². The van der Waals surface area contributed by atoms with E-state index < -0.39 is 7.14 Å². The molecule has 0 unspecified atom stereocenters. The Balaban J connectivity index is 3.24. The van der Waals surface area contributed by atoms with Gasteiger partial charge in [0.25, 0.3) is 0 Å². The largest absolute Gasteiger partial charge is 0.318 e.